The maximum atomic E-state index is 13.1. The SMILES string of the molecule is CC(NC(=O)C1CC(O)CN1)c1ccc(F)c(Cl)c1.Cl. The Balaban J connectivity index is 0.00000200. The number of aliphatic hydroxyl groups is 1. The minimum absolute atomic E-state index is 0. The highest BCUT2D eigenvalue weighted by atomic mass is 35.5. The van der Waals surface area contributed by atoms with Crippen LogP contribution in [0.2, 0.25) is 5.02 Å². The number of benzene rings is 1. The minimum Gasteiger partial charge on any atom is -0.392 e. The average molecular weight is 323 g/mol. The Morgan fingerprint density at radius 3 is 2.85 bits per heavy atom. The lowest BCUT2D eigenvalue weighted by molar-refractivity contribution is -0.123. The number of carbonyl (C=O) groups is 1. The van der Waals surface area contributed by atoms with Crippen LogP contribution in [0.1, 0.15) is 24.9 Å². The number of carbonyl (C=O) groups excluding carboxylic acids is 1. The number of nitrogens with one attached hydrogen (secondary N) is 2. The van der Waals surface area contributed by atoms with Crippen LogP contribution >= 0.6 is 24.0 Å². The fraction of sp³-hybridized carbons (Fsp3) is 0.462. The van der Waals surface area contributed by atoms with Gasteiger partial charge in [0, 0.05) is 6.54 Å². The molecule has 4 nitrogen and oxygen atoms in total. The Labute approximate surface area is 128 Å². The summed E-state index contributed by atoms with van der Waals surface area (Å²) >= 11 is 5.71. The predicted molar refractivity (Wildman–Crippen MR) is 77.6 cm³/mol. The van der Waals surface area contributed by atoms with Crippen molar-refractivity contribution in [1.82, 2.24) is 10.6 Å². The van der Waals surface area contributed by atoms with Crippen LogP contribution in [-0.4, -0.2) is 29.7 Å². The van der Waals surface area contributed by atoms with Crippen molar-refractivity contribution >= 4 is 29.9 Å². The molecule has 1 aliphatic heterocycles. The predicted octanol–water partition coefficient (Wildman–Crippen LogP) is 1.80. The van der Waals surface area contributed by atoms with Crippen LogP contribution in [0.4, 0.5) is 4.39 Å². The van der Waals surface area contributed by atoms with Gasteiger partial charge in [-0.1, -0.05) is 17.7 Å². The van der Waals surface area contributed by atoms with Crippen molar-refractivity contribution in [1.29, 1.82) is 0 Å². The van der Waals surface area contributed by atoms with E-state index in [2.05, 4.69) is 10.6 Å². The van der Waals surface area contributed by atoms with Crippen LogP contribution in [0.25, 0.3) is 0 Å². The fourth-order valence-electron chi connectivity index (χ4n) is 2.10. The third kappa shape index (κ3) is 4.06. The largest absolute Gasteiger partial charge is 0.392 e. The number of hydrogen-bond acceptors (Lipinski definition) is 3. The third-order valence-corrected chi connectivity index (χ3v) is 3.52. The molecule has 0 aliphatic carbocycles. The Kier molecular flexibility index (Phi) is 6.20. The number of halogens is 3. The first-order chi connectivity index (χ1) is 8.97. The first kappa shape index (κ1) is 17.2. The van der Waals surface area contributed by atoms with Crippen LogP contribution in [0.5, 0.6) is 0 Å². The monoisotopic (exact) mass is 322 g/mol. The van der Waals surface area contributed by atoms with Gasteiger partial charge in [0.05, 0.1) is 23.2 Å². The number of aliphatic hydroxyl groups excluding tert-OH is 1. The van der Waals surface area contributed by atoms with Crippen LogP contribution < -0.4 is 10.6 Å². The lowest BCUT2D eigenvalue weighted by atomic mass is 10.1. The lowest BCUT2D eigenvalue weighted by Gasteiger charge is -2.17. The summed E-state index contributed by atoms with van der Waals surface area (Å²) in [6.07, 6.45) is -0.0748. The van der Waals surface area contributed by atoms with Gasteiger partial charge < -0.3 is 15.7 Å². The summed E-state index contributed by atoms with van der Waals surface area (Å²) in [4.78, 5) is 11.9. The number of amides is 1. The quantitative estimate of drug-likeness (QED) is 0.795. The summed E-state index contributed by atoms with van der Waals surface area (Å²) in [5.74, 6) is -0.658. The van der Waals surface area contributed by atoms with Crippen molar-refractivity contribution in [3.05, 3.63) is 34.6 Å². The molecule has 20 heavy (non-hydrogen) atoms. The molecule has 0 aromatic heterocycles. The van der Waals surface area contributed by atoms with E-state index < -0.39 is 11.9 Å². The smallest absolute Gasteiger partial charge is 0.237 e. The molecule has 1 fully saturated rings. The normalized spacial score (nSPS) is 23.0. The minimum atomic E-state index is -0.482. The Morgan fingerprint density at radius 2 is 2.30 bits per heavy atom. The number of hydrogen-bond donors (Lipinski definition) is 3. The molecule has 0 saturated carbocycles. The van der Waals surface area contributed by atoms with Gasteiger partial charge in [0.15, 0.2) is 0 Å². The zero-order valence-electron chi connectivity index (χ0n) is 10.9. The Morgan fingerprint density at radius 1 is 1.60 bits per heavy atom. The molecule has 1 aromatic rings. The molecule has 1 amide bonds. The summed E-state index contributed by atoms with van der Waals surface area (Å²) in [5, 5.41) is 15.1. The van der Waals surface area contributed by atoms with Gasteiger partial charge in [0.2, 0.25) is 5.91 Å². The molecule has 1 saturated heterocycles. The molecule has 3 N–H and O–H groups in total. The van der Waals surface area contributed by atoms with Crippen molar-refractivity contribution in [2.24, 2.45) is 0 Å². The van der Waals surface area contributed by atoms with E-state index in [0.717, 1.165) is 5.56 Å². The van der Waals surface area contributed by atoms with E-state index >= 15 is 0 Å². The molecule has 0 radical (unpaired) electrons. The van der Waals surface area contributed by atoms with Gasteiger partial charge in [-0.25, -0.2) is 4.39 Å². The van der Waals surface area contributed by atoms with E-state index in [4.69, 9.17) is 11.6 Å². The van der Waals surface area contributed by atoms with Crippen molar-refractivity contribution in [3.8, 4) is 0 Å². The summed E-state index contributed by atoms with van der Waals surface area (Å²) < 4.78 is 13.1. The molecule has 2 rings (SSSR count). The molecule has 0 bridgehead atoms. The van der Waals surface area contributed by atoms with Crippen LogP contribution in [0.15, 0.2) is 18.2 Å². The Bertz CT molecular complexity index is 487. The molecule has 3 atom stereocenters. The van der Waals surface area contributed by atoms with E-state index in [1.54, 1.807) is 13.0 Å². The van der Waals surface area contributed by atoms with Crippen molar-refractivity contribution in [2.75, 3.05) is 6.54 Å². The molecule has 0 spiro atoms. The van der Waals surface area contributed by atoms with Gasteiger partial charge in [0.25, 0.3) is 0 Å². The fourth-order valence-corrected chi connectivity index (χ4v) is 2.28. The zero-order chi connectivity index (χ0) is 14.0. The third-order valence-electron chi connectivity index (χ3n) is 3.23. The second-order valence-corrected chi connectivity index (χ2v) is 5.16. The van der Waals surface area contributed by atoms with Gasteiger partial charge in [-0.2, -0.15) is 0 Å². The van der Waals surface area contributed by atoms with E-state index in [0.29, 0.717) is 13.0 Å². The highest BCUT2D eigenvalue weighted by molar-refractivity contribution is 6.30. The van der Waals surface area contributed by atoms with E-state index in [1.807, 2.05) is 0 Å². The summed E-state index contributed by atoms with van der Waals surface area (Å²) in [7, 11) is 0. The maximum absolute atomic E-state index is 13.1. The molecular weight excluding hydrogens is 306 g/mol. The van der Waals surface area contributed by atoms with Crippen LogP contribution in [0, 0.1) is 5.82 Å². The highest BCUT2D eigenvalue weighted by Crippen LogP contribution is 2.21. The topological polar surface area (TPSA) is 61.4 Å². The molecule has 3 unspecified atom stereocenters. The highest BCUT2D eigenvalue weighted by Gasteiger charge is 2.28. The second kappa shape index (κ2) is 7.22. The number of β-amino-alcohol motifs (C(OH)–C–C–N with tert-alkyl or cyclic N) is 1. The van der Waals surface area contributed by atoms with Gasteiger partial charge >= 0.3 is 0 Å². The first-order valence-electron chi connectivity index (χ1n) is 6.14. The molecule has 1 aromatic carbocycles. The van der Waals surface area contributed by atoms with Gasteiger partial charge in [-0.15, -0.1) is 12.4 Å². The molecule has 7 heteroatoms. The zero-order valence-corrected chi connectivity index (χ0v) is 12.5. The molecule has 1 heterocycles. The van der Waals surface area contributed by atoms with Crippen molar-refractivity contribution in [2.45, 2.75) is 31.5 Å². The van der Waals surface area contributed by atoms with Gasteiger partial charge in [-0.05, 0) is 31.0 Å². The lowest BCUT2D eigenvalue weighted by Crippen LogP contribution is -2.41. The maximum Gasteiger partial charge on any atom is 0.237 e. The Hall–Kier alpha value is -0.880. The average Bonchev–Trinajstić information content (AvgIpc) is 2.79. The van der Waals surface area contributed by atoms with E-state index in [9.17, 15) is 14.3 Å². The summed E-state index contributed by atoms with van der Waals surface area (Å²) in [6.45, 7) is 2.22. The molecular formula is C13H17Cl2FN2O2. The number of rotatable bonds is 3. The van der Waals surface area contributed by atoms with E-state index in [-0.39, 0.29) is 35.4 Å². The second-order valence-electron chi connectivity index (χ2n) is 4.75. The van der Waals surface area contributed by atoms with E-state index in [1.165, 1.54) is 12.1 Å². The molecule has 112 valence electrons. The standard InChI is InChI=1S/C13H16ClFN2O2.ClH/c1-7(8-2-3-11(15)10(14)4-8)17-13(19)12-5-9(18)6-16-12;/h2-4,7,9,12,16,18H,5-6H2,1H3,(H,17,19);1H. The molecule has 1 aliphatic rings. The van der Waals surface area contributed by atoms with Crippen molar-refractivity contribution in [3.63, 3.8) is 0 Å². The van der Waals surface area contributed by atoms with Gasteiger partial charge in [-0.3, -0.25) is 4.79 Å². The summed E-state index contributed by atoms with van der Waals surface area (Å²) in [5.41, 5.74) is 0.735. The first-order valence-corrected chi connectivity index (χ1v) is 6.52. The summed E-state index contributed by atoms with van der Waals surface area (Å²) in [6, 6.07) is 3.71. The van der Waals surface area contributed by atoms with Crippen LogP contribution in [0.3, 0.4) is 0 Å². The van der Waals surface area contributed by atoms with Crippen molar-refractivity contribution < 1.29 is 14.3 Å². The van der Waals surface area contributed by atoms with Gasteiger partial charge in [0.1, 0.15) is 5.82 Å². The van der Waals surface area contributed by atoms with Crippen LogP contribution in [-0.2, 0) is 4.79 Å².